The maximum atomic E-state index is 5.99. The highest BCUT2D eigenvalue weighted by atomic mass is 35.5. The molecule has 0 fully saturated rings. The van der Waals surface area contributed by atoms with Crippen molar-refractivity contribution in [1.82, 2.24) is 9.97 Å². The van der Waals surface area contributed by atoms with Crippen LogP contribution in [0.25, 0.3) is 0 Å². The lowest BCUT2D eigenvalue weighted by Crippen LogP contribution is -2.18. The molecule has 6 heteroatoms. The molecule has 0 saturated carbocycles. The molecule has 5 nitrogen and oxygen atoms in total. The van der Waals surface area contributed by atoms with Crippen LogP contribution >= 0.6 is 11.6 Å². The smallest absolute Gasteiger partial charge is 0.318 e. The van der Waals surface area contributed by atoms with Gasteiger partial charge in [-0.05, 0) is 18.9 Å². The van der Waals surface area contributed by atoms with Crippen molar-refractivity contribution in [3.63, 3.8) is 0 Å². The number of aromatic nitrogens is 2. The fraction of sp³-hybridized carbons (Fsp3) is 0.636. The number of hydrogen-bond donors (Lipinski definition) is 2. The summed E-state index contributed by atoms with van der Waals surface area (Å²) in [5, 5.41) is 3.70. The van der Waals surface area contributed by atoms with Gasteiger partial charge in [-0.2, -0.15) is 4.98 Å². The summed E-state index contributed by atoms with van der Waals surface area (Å²) in [7, 11) is 1.52. The normalized spacial score (nSPS) is 12.2. The van der Waals surface area contributed by atoms with Crippen molar-refractivity contribution in [3.8, 4) is 6.01 Å². The van der Waals surface area contributed by atoms with Gasteiger partial charge in [0.1, 0.15) is 5.02 Å². The lowest BCUT2D eigenvalue weighted by molar-refractivity contribution is 0.380. The van der Waals surface area contributed by atoms with Crippen LogP contribution in [0.5, 0.6) is 6.01 Å². The van der Waals surface area contributed by atoms with E-state index in [4.69, 9.17) is 22.1 Å². The molecule has 1 unspecified atom stereocenters. The molecule has 1 aromatic heterocycles. The summed E-state index contributed by atoms with van der Waals surface area (Å²) in [5.41, 5.74) is 5.55. The predicted molar refractivity (Wildman–Crippen MR) is 69.5 cm³/mol. The molecule has 0 bridgehead atoms. The van der Waals surface area contributed by atoms with E-state index in [1.54, 1.807) is 0 Å². The molecule has 17 heavy (non-hydrogen) atoms. The summed E-state index contributed by atoms with van der Waals surface area (Å²) in [6.45, 7) is 3.64. The zero-order valence-electron chi connectivity index (χ0n) is 10.2. The quantitative estimate of drug-likeness (QED) is 0.782. The molecule has 1 rings (SSSR count). The largest absolute Gasteiger partial charge is 0.467 e. The highest BCUT2D eigenvalue weighted by Crippen LogP contribution is 2.21. The van der Waals surface area contributed by atoms with Gasteiger partial charge >= 0.3 is 6.01 Å². The molecule has 0 amide bonds. The monoisotopic (exact) mass is 258 g/mol. The fourth-order valence-electron chi connectivity index (χ4n) is 1.50. The zero-order chi connectivity index (χ0) is 12.7. The van der Waals surface area contributed by atoms with E-state index in [-0.39, 0.29) is 0 Å². The van der Waals surface area contributed by atoms with E-state index in [2.05, 4.69) is 22.2 Å². The van der Waals surface area contributed by atoms with Crippen LogP contribution in [0, 0.1) is 5.92 Å². The summed E-state index contributed by atoms with van der Waals surface area (Å²) in [6.07, 6.45) is 3.59. The van der Waals surface area contributed by atoms with E-state index >= 15 is 0 Å². The Morgan fingerprint density at radius 2 is 2.35 bits per heavy atom. The summed E-state index contributed by atoms with van der Waals surface area (Å²) < 4.78 is 4.95. The Hall–Kier alpha value is -1.07. The summed E-state index contributed by atoms with van der Waals surface area (Å²) >= 11 is 5.99. The fourth-order valence-corrected chi connectivity index (χ4v) is 1.66. The second-order valence-corrected chi connectivity index (χ2v) is 4.19. The predicted octanol–water partition coefficient (Wildman–Crippen LogP) is 1.93. The van der Waals surface area contributed by atoms with Crippen LogP contribution < -0.4 is 15.8 Å². The van der Waals surface area contributed by atoms with Gasteiger partial charge in [-0.3, -0.25) is 0 Å². The van der Waals surface area contributed by atoms with Crippen molar-refractivity contribution < 1.29 is 4.74 Å². The number of rotatable bonds is 7. The van der Waals surface area contributed by atoms with Gasteiger partial charge in [0.25, 0.3) is 0 Å². The minimum Gasteiger partial charge on any atom is -0.467 e. The molecular weight excluding hydrogens is 240 g/mol. The van der Waals surface area contributed by atoms with Crippen LogP contribution in [-0.2, 0) is 0 Å². The van der Waals surface area contributed by atoms with E-state index in [1.807, 2.05) is 0 Å². The molecule has 1 heterocycles. The van der Waals surface area contributed by atoms with Crippen molar-refractivity contribution in [2.75, 3.05) is 25.5 Å². The van der Waals surface area contributed by atoms with Gasteiger partial charge in [-0.25, -0.2) is 4.98 Å². The Morgan fingerprint density at radius 3 is 2.94 bits per heavy atom. The summed E-state index contributed by atoms with van der Waals surface area (Å²) in [4.78, 5) is 8.07. The lowest BCUT2D eigenvalue weighted by atomic mass is 10.0. The molecule has 0 aliphatic rings. The molecule has 0 radical (unpaired) electrons. The Bertz CT molecular complexity index is 348. The molecule has 0 aromatic carbocycles. The molecule has 1 atom stereocenters. The third-order valence-corrected chi connectivity index (χ3v) is 2.89. The van der Waals surface area contributed by atoms with E-state index in [1.165, 1.54) is 13.3 Å². The number of methoxy groups -OCH3 is 1. The van der Waals surface area contributed by atoms with E-state index in [9.17, 15) is 0 Å². The minimum absolute atomic E-state index is 0.309. The summed E-state index contributed by atoms with van der Waals surface area (Å²) in [6, 6.07) is 0.309. The average molecular weight is 259 g/mol. The van der Waals surface area contributed by atoms with Crippen LogP contribution in [0.1, 0.15) is 19.8 Å². The number of hydrogen-bond acceptors (Lipinski definition) is 5. The Labute approximate surface area is 107 Å². The van der Waals surface area contributed by atoms with Crippen LogP contribution in [0.15, 0.2) is 6.20 Å². The van der Waals surface area contributed by atoms with Gasteiger partial charge in [0, 0.05) is 6.54 Å². The molecule has 96 valence electrons. The van der Waals surface area contributed by atoms with Crippen LogP contribution in [-0.4, -0.2) is 30.2 Å². The topological polar surface area (TPSA) is 73.1 Å². The van der Waals surface area contributed by atoms with Crippen LogP contribution in [0.4, 0.5) is 5.82 Å². The Balaban J connectivity index is 2.60. The highest BCUT2D eigenvalue weighted by molar-refractivity contribution is 6.32. The number of nitrogens with two attached hydrogens (primary N) is 1. The number of nitrogens with zero attached hydrogens (tertiary/aromatic N) is 2. The average Bonchev–Trinajstić information content (AvgIpc) is 2.36. The van der Waals surface area contributed by atoms with Gasteiger partial charge in [0.15, 0.2) is 5.82 Å². The minimum atomic E-state index is 0.309. The van der Waals surface area contributed by atoms with Gasteiger partial charge in [0.05, 0.1) is 13.3 Å². The molecule has 3 N–H and O–H groups in total. The van der Waals surface area contributed by atoms with Crippen LogP contribution in [0.3, 0.4) is 0 Å². The molecule has 0 aliphatic heterocycles. The molecule has 0 spiro atoms. The third kappa shape index (κ3) is 4.36. The molecule has 0 saturated heterocycles. The highest BCUT2D eigenvalue weighted by Gasteiger charge is 2.09. The van der Waals surface area contributed by atoms with Gasteiger partial charge in [-0.15, -0.1) is 0 Å². The lowest BCUT2D eigenvalue weighted by Gasteiger charge is -2.15. The van der Waals surface area contributed by atoms with Gasteiger partial charge in [0.2, 0.25) is 0 Å². The first-order chi connectivity index (χ1) is 8.21. The van der Waals surface area contributed by atoms with Gasteiger partial charge in [-0.1, -0.05) is 24.9 Å². The number of nitrogens with one attached hydrogen (secondary N) is 1. The van der Waals surface area contributed by atoms with Gasteiger partial charge < -0.3 is 15.8 Å². The summed E-state index contributed by atoms with van der Waals surface area (Å²) in [5.74, 6) is 1.13. The first-order valence-electron chi connectivity index (χ1n) is 5.71. The maximum absolute atomic E-state index is 5.99. The molecule has 1 aromatic rings. The SMILES string of the molecule is CCC(CCN)CNc1nc(OC)ncc1Cl. The van der Waals surface area contributed by atoms with Crippen molar-refractivity contribution in [2.24, 2.45) is 11.7 Å². The van der Waals surface area contributed by atoms with Crippen LogP contribution in [0.2, 0.25) is 5.02 Å². The first kappa shape index (κ1) is 14.0. The number of halogens is 1. The Morgan fingerprint density at radius 1 is 1.59 bits per heavy atom. The Kier molecular flexibility index (Phi) is 6.00. The maximum Gasteiger partial charge on any atom is 0.318 e. The van der Waals surface area contributed by atoms with E-state index < -0.39 is 0 Å². The second kappa shape index (κ2) is 7.29. The van der Waals surface area contributed by atoms with Crippen molar-refractivity contribution in [1.29, 1.82) is 0 Å². The molecular formula is C11H19ClN4O. The third-order valence-electron chi connectivity index (χ3n) is 2.62. The van der Waals surface area contributed by atoms with E-state index in [0.29, 0.717) is 29.3 Å². The zero-order valence-corrected chi connectivity index (χ0v) is 11.0. The second-order valence-electron chi connectivity index (χ2n) is 3.79. The standard InChI is InChI=1S/C11H19ClN4O/c1-3-8(4-5-13)6-14-10-9(12)7-15-11(16-10)17-2/h7-8H,3-6,13H2,1-2H3,(H,14,15,16). The van der Waals surface area contributed by atoms with Crippen molar-refractivity contribution in [2.45, 2.75) is 19.8 Å². The van der Waals surface area contributed by atoms with Crippen molar-refractivity contribution in [3.05, 3.63) is 11.2 Å². The number of ether oxygens (including phenoxy) is 1. The first-order valence-corrected chi connectivity index (χ1v) is 6.09. The van der Waals surface area contributed by atoms with Crippen molar-refractivity contribution >= 4 is 17.4 Å². The molecule has 0 aliphatic carbocycles. The van der Waals surface area contributed by atoms with E-state index in [0.717, 1.165) is 19.4 Å². The number of anilines is 1.